The van der Waals surface area contributed by atoms with Gasteiger partial charge in [-0.25, -0.2) is 9.37 Å². The molecule has 5 heteroatoms. The lowest BCUT2D eigenvalue weighted by atomic mass is 10.3. The summed E-state index contributed by atoms with van der Waals surface area (Å²) in [4.78, 5) is 7.00. The molecule has 0 radical (unpaired) electrons. The first-order valence-electron chi connectivity index (χ1n) is 4.43. The van der Waals surface area contributed by atoms with Crippen molar-refractivity contribution in [1.82, 2.24) is 9.97 Å². The zero-order valence-electron chi connectivity index (χ0n) is 7.80. The number of halogens is 2. The van der Waals surface area contributed by atoms with Gasteiger partial charge in [-0.1, -0.05) is 0 Å². The number of hydrogen-bond donors (Lipinski definition) is 2. The summed E-state index contributed by atoms with van der Waals surface area (Å²) in [6.07, 6.45) is 1.62. The van der Waals surface area contributed by atoms with Crippen LogP contribution in [0.3, 0.4) is 0 Å². The number of aromatic nitrogens is 2. The Labute approximate surface area is 94.9 Å². The summed E-state index contributed by atoms with van der Waals surface area (Å²) in [5.41, 5.74) is 1.83. The highest BCUT2D eigenvalue weighted by Crippen LogP contribution is 2.14. The van der Waals surface area contributed by atoms with Gasteiger partial charge in [0.2, 0.25) is 0 Å². The molecule has 0 aliphatic rings. The van der Waals surface area contributed by atoms with Crippen molar-refractivity contribution >= 4 is 21.6 Å². The number of aromatic amines is 1. The molecule has 2 aromatic rings. The fraction of sp³-hybridized carbons (Fsp3) is 0.100. The van der Waals surface area contributed by atoms with Crippen LogP contribution < -0.4 is 5.32 Å². The standard InChI is InChI=1S/C10H9BrFN3/c11-10-9(14-6-15-10)5-13-8-3-1-7(12)2-4-8/h1-4,6,13H,5H2,(H,14,15). The molecule has 0 saturated carbocycles. The highest BCUT2D eigenvalue weighted by molar-refractivity contribution is 9.10. The number of imidazole rings is 1. The van der Waals surface area contributed by atoms with E-state index in [1.807, 2.05) is 0 Å². The maximum Gasteiger partial charge on any atom is 0.128 e. The first kappa shape index (κ1) is 10.2. The van der Waals surface area contributed by atoms with E-state index in [1.165, 1.54) is 12.1 Å². The lowest BCUT2D eigenvalue weighted by molar-refractivity contribution is 0.628. The zero-order chi connectivity index (χ0) is 10.7. The minimum Gasteiger partial charge on any atom is -0.379 e. The SMILES string of the molecule is Fc1ccc(NCc2[nH]cnc2Br)cc1. The quantitative estimate of drug-likeness (QED) is 0.900. The average Bonchev–Trinajstić information content (AvgIpc) is 2.63. The van der Waals surface area contributed by atoms with E-state index in [1.54, 1.807) is 18.5 Å². The molecular formula is C10H9BrFN3. The van der Waals surface area contributed by atoms with E-state index in [2.05, 4.69) is 31.2 Å². The lowest BCUT2D eigenvalue weighted by Crippen LogP contribution is -2.00. The summed E-state index contributed by atoms with van der Waals surface area (Å²) in [5, 5.41) is 3.15. The van der Waals surface area contributed by atoms with E-state index in [0.29, 0.717) is 6.54 Å². The predicted octanol–water partition coefficient (Wildman–Crippen LogP) is 2.92. The van der Waals surface area contributed by atoms with Gasteiger partial charge in [-0.3, -0.25) is 0 Å². The number of benzene rings is 1. The summed E-state index contributed by atoms with van der Waals surface area (Å²) in [6.45, 7) is 0.617. The molecule has 0 amide bonds. The van der Waals surface area contributed by atoms with Crippen molar-refractivity contribution in [2.45, 2.75) is 6.54 Å². The zero-order valence-corrected chi connectivity index (χ0v) is 9.38. The second-order valence-corrected chi connectivity index (χ2v) is 3.78. The van der Waals surface area contributed by atoms with Crippen LogP contribution in [0.15, 0.2) is 35.2 Å². The van der Waals surface area contributed by atoms with Gasteiger partial charge in [-0.15, -0.1) is 0 Å². The smallest absolute Gasteiger partial charge is 0.128 e. The topological polar surface area (TPSA) is 40.7 Å². The molecule has 0 aliphatic carbocycles. The minimum absolute atomic E-state index is 0.233. The van der Waals surface area contributed by atoms with Crippen LogP contribution in [0.4, 0.5) is 10.1 Å². The molecule has 0 fully saturated rings. The number of anilines is 1. The van der Waals surface area contributed by atoms with Crippen LogP contribution in [0, 0.1) is 5.82 Å². The minimum atomic E-state index is -0.233. The molecule has 3 nitrogen and oxygen atoms in total. The summed E-state index contributed by atoms with van der Waals surface area (Å²) < 4.78 is 13.4. The first-order chi connectivity index (χ1) is 7.25. The summed E-state index contributed by atoms with van der Waals surface area (Å²) in [7, 11) is 0. The second-order valence-electron chi connectivity index (χ2n) is 3.03. The van der Waals surface area contributed by atoms with E-state index in [9.17, 15) is 4.39 Å². The molecule has 78 valence electrons. The third-order valence-electron chi connectivity index (χ3n) is 1.98. The molecule has 2 N–H and O–H groups in total. The van der Waals surface area contributed by atoms with Gasteiger partial charge in [-0.2, -0.15) is 0 Å². The van der Waals surface area contributed by atoms with Crippen molar-refractivity contribution in [3.05, 3.63) is 46.7 Å². The molecule has 0 unspecified atom stereocenters. The molecular weight excluding hydrogens is 261 g/mol. The largest absolute Gasteiger partial charge is 0.379 e. The van der Waals surface area contributed by atoms with Crippen molar-refractivity contribution < 1.29 is 4.39 Å². The number of hydrogen-bond acceptors (Lipinski definition) is 2. The van der Waals surface area contributed by atoms with Gasteiger partial charge >= 0.3 is 0 Å². The lowest BCUT2D eigenvalue weighted by Gasteiger charge is -2.04. The molecule has 15 heavy (non-hydrogen) atoms. The Morgan fingerprint density at radius 3 is 2.67 bits per heavy atom. The highest BCUT2D eigenvalue weighted by Gasteiger charge is 2.01. The van der Waals surface area contributed by atoms with Gasteiger partial charge in [0.25, 0.3) is 0 Å². The normalized spacial score (nSPS) is 10.3. The third-order valence-corrected chi connectivity index (χ3v) is 2.66. The fourth-order valence-electron chi connectivity index (χ4n) is 1.19. The van der Waals surface area contributed by atoms with Gasteiger partial charge in [0, 0.05) is 5.69 Å². The molecule has 0 spiro atoms. The number of H-pyrrole nitrogens is 1. The summed E-state index contributed by atoms with van der Waals surface area (Å²) in [5.74, 6) is -0.233. The Kier molecular flexibility index (Phi) is 3.01. The molecule has 0 aliphatic heterocycles. The third kappa shape index (κ3) is 2.56. The van der Waals surface area contributed by atoms with Crippen molar-refractivity contribution in [2.24, 2.45) is 0 Å². The fourth-order valence-corrected chi connectivity index (χ4v) is 1.54. The molecule has 1 heterocycles. The Hall–Kier alpha value is -1.36. The predicted molar refractivity (Wildman–Crippen MR) is 60.0 cm³/mol. The van der Waals surface area contributed by atoms with Gasteiger partial charge in [0.15, 0.2) is 0 Å². The number of nitrogens with zero attached hydrogens (tertiary/aromatic N) is 1. The first-order valence-corrected chi connectivity index (χ1v) is 5.22. The van der Waals surface area contributed by atoms with E-state index < -0.39 is 0 Å². The van der Waals surface area contributed by atoms with Crippen molar-refractivity contribution in [3.8, 4) is 0 Å². The molecule has 1 aromatic heterocycles. The van der Waals surface area contributed by atoms with Crippen molar-refractivity contribution in [1.29, 1.82) is 0 Å². The van der Waals surface area contributed by atoms with Crippen LogP contribution in [0.25, 0.3) is 0 Å². The van der Waals surface area contributed by atoms with E-state index in [0.717, 1.165) is 16.0 Å². The van der Waals surface area contributed by atoms with Crippen LogP contribution >= 0.6 is 15.9 Å². The van der Waals surface area contributed by atoms with E-state index in [-0.39, 0.29) is 5.82 Å². The maximum absolute atomic E-state index is 12.6. The molecule has 2 rings (SSSR count). The van der Waals surface area contributed by atoms with Crippen LogP contribution in [0.5, 0.6) is 0 Å². The monoisotopic (exact) mass is 269 g/mol. The van der Waals surface area contributed by atoms with Crippen LogP contribution in [0.1, 0.15) is 5.69 Å². The van der Waals surface area contributed by atoms with Crippen LogP contribution in [0.2, 0.25) is 0 Å². The van der Waals surface area contributed by atoms with Gasteiger partial charge in [0.05, 0.1) is 18.6 Å². The van der Waals surface area contributed by atoms with Gasteiger partial charge in [0.1, 0.15) is 10.4 Å². The summed E-state index contributed by atoms with van der Waals surface area (Å²) in [6, 6.07) is 6.23. The molecule has 1 aromatic carbocycles. The van der Waals surface area contributed by atoms with Crippen LogP contribution in [-0.4, -0.2) is 9.97 Å². The Morgan fingerprint density at radius 2 is 2.07 bits per heavy atom. The van der Waals surface area contributed by atoms with Gasteiger partial charge < -0.3 is 10.3 Å². The summed E-state index contributed by atoms with van der Waals surface area (Å²) >= 11 is 3.31. The number of rotatable bonds is 3. The van der Waals surface area contributed by atoms with Crippen molar-refractivity contribution in [3.63, 3.8) is 0 Å². The Balaban J connectivity index is 1.99. The molecule has 0 saturated heterocycles. The van der Waals surface area contributed by atoms with E-state index in [4.69, 9.17) is 0 Å². The Bertz CT molecular complexity index is 438. The molecule has 0 bridgehead atoms. The average molecular weight is 270 g/mol. The maximum atomic E-state index is 12.6. The van der Waals surface area contributed by atoms with E-state index >= 15 is 0 Å². The van der Waals surface area contributed by atoms with Crippen molar-refractivity contribution in [2.75, 3.05) is 5.32 Å². The highest BCUT2D eigenvalue weighted by atomic mass is 79.9. The molecule has 0 atom stereocenters. The second kappa shape index (κ2) is 4.44. The van der Waals surface area contributed by atoms with Gasteiger partial charge in [-0.05, 0) is 40.2 Å². The number of nitrogens with one attached hydrogen (secondary N) is 2. The van der Waals surface area contributed by atoms with Crippen LogP contribution in [-0.2, 0) is 6.54 Å². The Morgan fingerprint density at radius 1 is 1.33 bits per heavy atom.